The van der Waals surface area contributed by atoms with Gasteiger partial charge in [0.2, 0.25) is 0 Å². The number of anilines is 1. The lowest BCUT2D eigenvalue weighted by molar-refractivity contribution is -0.137. The number of aliphatic carboxylic acids is 1. The molecule has 0 fully saturated rings. The third kappa shape index (κ3) is 5.08. The summed E-state index contributed by atoms with van der Waals surface area (Å²) in [6.07, 6.45) is 0.0953. The highest BCUT2D eigenvalue weighted by molar-refractivity contribution is 7.10. The van der Waals surface area contributed by atoms with Gasteiger partial charge in [-0.05, 0) is 43.0 Å². The lowest BCUT2D eigenvalue weighted by Gasteiger charge is -2.21. The molecule has 0 saturated heterocycles. The molecule has 1 aromatic carbocycles. The van der Waals surface area contributed by atoms with E-state index < -0.39 is 5.97 Å². The number of carboxylic acid groups (broad SMARTS) is 1. The second kappa shape index (κ2) is 8.70. The smallest absolute Gasteiger partial charge is 0.305 e. The van der Waals surface area contributed by atoms with Crippen LogP contribution in [0.15, 0.2) is 41.8 Å². The van der Waals surface area contributed by atoms with Gasteiger partial charge in [-0.3, -0.25) is 4.79 Å². The minimum absolute atomic E-state index is 0.0953. The van der Waals surface area contributed by atoms with Crippen molar-refractivity contribution in [2.45, 2.75) is 32.9 Å². The molecule has 1 heterocycles. The Hall–Kier alpha value is -1.85. The summed E-state index contributed by atoms with van der Waals surface area (Å²) in [4.78, 5) is 14.4. The highest BCUT2D eigenvalue weighted by Gasteiger charge is 2.16. The average molecular weight is 332 g/mol. The molecule has 2 N–H and O–H groups in total. The van der Waals surface area contributed by atoms with Crippen LogP contribution in [0.25, 0.3) is 0 Å². The summed E-state index contributed by atoms with van der Waals surface area (Å²) < 4.78 is 0. The molecule has 0 aliphatic rings. The molecule has 124 valence electrons. The number of nitrogens with one attached hydrogen (secondary N) is 1. The van der Waals surface area contributed by atoms with Crippen molar-refractivity contribution in [3.63, 3.8) is 0 Å². The Morgan fingerprint density at radius 2 is 1.91 bits per heavy atom. The van der Waals surface area contributed by atoms with Gasteiger partial charge in [0.25, 0.3) is 0 Å². The lowest BCUT2D eigenvalue weighted by atomic mass is 10.1. The van der Waals surface area contributed by atoms with Crippen molar-refractivity contribution >= 4 is 23.0 Å². The van der Waals surface area contributed by atoms with Gasteiger partial charge >= 0.3 is 5.97 Å². The fourth-order valence-corrected chi connectivity index (χ4v) is 3.39. The van der Waals surface area contributed by atoms with Crippen molar-refractivity contribution in [2.75, 3.05) is 18.0 Å². The zero-order valence-corrected chi connectivity index (χ0v) is 14.5. The molecule has 1 atom stereocenters. The summed E-state index contributed by atoms with van der Waals surface area (Å²) in [5.74, 6) is -0.784. The maximum Gasteiger partial charge on any atom is 0.305 e. The van der Waals surface area contributed by atoms with Gasteiger partial charge in [0.1, 0.15) is 0 Å². The number of rotatable bonds is 9. The first kappa shape index (κ1) is 17.5. The number of carbonyl (C=O) groups is 1. The van der Waals surface area contributed by atoms with E-state index in [1.807, 2.05) is 17.5 Å². The van der Waals surface area contributed by atoms with Crippen LogP contribution in [-0.4, -0.2) is 24.2 Å². The van der Waals surface area contributed by atoms with Gasteiger partial charge in [0.05, 0.1) is 12.5 Å². The van der Waals surface area contributed by atoms with Crippen LogP contribution in [0.3, 0.4) is 0 Å². The zero-order valence-electron chi connectivity index (χ0n) is 13.7. The summed E-state index contributed by atoms with van der Waals surface area (Å²) in [7, 11) is 0. The molecule has 23 heavy (non-hydrogen) atoms. The maximum absolute atomic E-state index is 11.1. The third-order valence-electron chi connectivity index (χ3n) is 3.88. The van der Waals surface area contributed by atoms with E-state index in [4.69, 9.17) is 5.11 Å². The molecule has 0 unspecified atom stereocenters. The molecule has 0 aliphatic carbocycles. The number of hydrogen-bond donors (Lipinski definition) is 2. The first-order valence-electron chi connectivity index (χ1n) is 7.96. The molecule has 2 aromatic rings. The molecule has 4 nitrogen and oxygen atoms in total. The lowest BCUT2D eigenvalue weighted by Crippen LogP contribution is -2.23. The summed E-state index contributed by atoms with van der Waals surface area (Å²) in [5.41, 5.74) is 2.38. The Labute approximate surface area is 141 Å². The van der Waals surface area contributed by atoms with E-state index in [0.29, 0.717) is 6.54 Å². The van der Waals surface area contributed by atoms with Crippen LogP contribution >= 0.6 is 11.3 Å². The van der Waals surface area contributed by atoms with Crippen molar-refractivity contribution in [1.29, 1.82) is 0 Å². The molecule has 0 radical (unpaired) electrons. The van der Waals surface area contributed by atoms with E-state index in [0.717, 1.165) is 23.5 Å². The van der Waals surface area contributed by atoms with Crippen molar-refractivity contribution in [2.24, 2.45) is 0 Å². The second-order valence-corrected chi connectivity index (χ2v) is 6.36. The average Bonchev–Trinajstić information content (AvgIpc) is 3.08. The SMILES string of the molecule is CCN(CC)c1ccc(CN[C@H](CC(=O)O)c2cccs2)cc1. The van der Waals surface area contributed by atoms with E-state index in [9.17, 15) is 4.79 Å². The second-order valence-electron chi connectivity index (χ2n) is 5.39. The first-order chi connectivity index (χ1) is 11.1. The minimum atomic E-state index is -0.784. The van der Waals surface area contributed by atoms with Crippen LogP contribution in [0.4, 0.5) is 5.69 Å². The highest BCUT2D eigenvalue weighted by Crippen LogP contribution is 2.23. The summed E-state index contributed by atoms with van der Waals surface area (Å²) in [5, 5.41) is 14.4. The van der Waals surface area contributed by atoms with Crippen molar-refractivity contribution in [3.05, 3.63) is 52.2 Å². The molecule has 1 aromatic heterocycles. The Kier molecular flexibility index (Phi) is 6.62. The standard InChI is InChI=1S/C18H24N2O2S/c1-3-20(4-2)15-9-7-14(8-10-15)13-19-16(12-18(21)22)17-6-5-11-23-17/h5-11,16,19H,3-4,12-13H2,1-2H3,(H,21,22)/t16-/m1/s1. The Balaban J connectivity index is 1.99. The normalized spacial score (nSPS) is 12.1. The predicted octanol–water partition coefficient (Wildman–Crippen LogP) is 3.90. The number of nitrogens with zero attached hydrogens (tertiary/aromatic N) is 1. The topological polar surface area (TPSA) is 52.6 Å². The highest BCUT2D eigenvalue weighted by atomic mass is 32.1. The molecule has 0 spiro atoms. The molecular formula is C18H24N2O2S. The van der Waals surface area contributed by atoms with Crippen LogP contribution in [0.2, 0.25) is 0 Å². The molecule has 2 rings (SSSR count). The number of hydrogen-bond acceptors (Lipinski definition) is 4. The van der Waals surface area contributed by atoms with Gasteiger partial charge in [-0.15, -0.1) is 11.3 Å². The van der Waals surface area contributed by atoms with Gasteiger partial charge < -0.3 is 15.3 Å². The van der Waals surface area contributed by atoms with Crippen LogP contribution < -0.4 is 10.2 Å². The Morgan fingerprint density at radius 3 is 2.43 bits per heavy atom. The largest absolute Gasteiger partial charge is 0.481 e. The van der Waals surface area contributed by atoms with E-state index in [1.165, 1.54) is 5.69 Å². The van der Waals surface area contributed by atoms with Crippen molar-refractivity contribution < 1.29 is 9.90 Å². The maximum atomic E-state index is 11.1. The number of carboxylic acids is 1. The molecule has 0 amide bonds. The fraction of sp³-hybridized carbons (Fsp3) is 0.389. The monoisotopic (exact) mass is 332 g/mol. The predicted molar refractivity (Wildman–Crippen MR) is 96.2 cm³/mol. The van der Waals surface area contributed by atoms with Gasteiger partial charge in [0, 0.05) is 30.2 Å². The van der Waals surface area contributed by atoms with Gasteiger partial charge in [-0.1, -0.05) is 18.2 Å². The van der Waals surface area contributed by atoms with Crippen molar-refractivity contribution in [1.82, 2.24) is 5.32 Å². The summed E-state index contributed by atoms with van der Waals surface area (Å²) in [6, 6.07) is 12.3. The van der Waals surface area contributed by atoms with Gasteiger partial charge in [0.15, 0.2) is 0 Å². The van der Waals surface area contributed by atoms with E-state index in [1.54, 1.807) is 11.3 Å². The van der Waals surface area contributed by atoms with E-state index in [-0.39, 0.29) is 12.5 Å². The van der Waals surface area contributed by atoms with E-state index in [2.05, 4.69) is 48.3 Å². The number of thiophene rings is 1. The molecule has 5 heteroatoms. The molecule has 0 aliphatic heterocycles. The fourth-order valence-electron chi connectivity index (χ4n) is 2.59. The Morgan fingerprint density at radius 1 is 1.22 bits per heavy atom. The molecular weight excluding hydrogens is 308 g/mol. The quantitative estimate of drug-likeness (QED) is 0.731. The first-order valence-corrected chi connectivity index (χ1v) is 8.84. The summed E-state index contributed by atoms with van der Waals surface area (Å²) >= 11 is 1.59. The molecule has 0 saturated carbocycles. The van der Waals surface area contributed by atoms with Crippen LogP contribution in [0.1, 0.15) is 36.8 Å². The van der Waals surface area contributed by atoms with E-state index >= 15 is 0 Å². The third-order valence-corrected chi connectivity index (χ3v) is 4.87. The van der Waals surface area contributed by atoms with Gasteiger partial charge in [-0.2, -0.15) is 0 Å². The van der Waals surface area contributed by atoms with Crippen LogP contribution in [-0.2, 0) is 11.3 Å². The Bertz CT molecular complexity index is 592. The number of benzene rings is 1. The minimum Gasteiger partial charge on any atom is -0.481 e. The summed E-state index contributed by atoms with van der Waals surface area (Å²) in [6.45, 7) is 6.95. The van der Waals surface area contributed by atoms with Crippen LogP contribution in [0.5, 0.6) is 0 Å². The van der Waals surface area contributed by atoms with Crippen LogP contribution in [0, 0.1) is 0 Å². The zero-order chi connectivity index (χ0) is 16.7. The van der Waals surface area contributed by atoms with Crippen molar-refractivity contribution in [3.8, 4) is 0 Å². The molecule has 0 bridgehead atoms. The van der Waals surface area contributed by atoms with Gasteiger partial charge in [-0.25, -0.2) is 0 Å².